The number of para-hydroxylation sites is 1. The zero-order valence-corrected chi connectivity index (χ0v) is 14.8. The van der Waals surface area contributed by atoms with Crippen molar-refractivity contribution < 1.29 is 0 Å². The summed E-state index contributed by atoms with van der Waals surface area (Å²) in [6.07, 6.45) is 4.28. The lowest BCUT2D eigenvalue weighted by atomic mass is 9.90. The summed E-state index contributed by atoms with van der Waals surface area (Å²) in [6.45, 7) is 8.70. The fourth-order valence-electron chi connectivity index (χ4n) is 3.15. The summed E-state index contributed by atoms with van der Waals surface area (Å²) in [7, 11) is 0. The predicted molar refractivity (Wildman–Crippen MR) is 104 cm³/mol. The van der Waals surface area contributed by atoms with Gasteiger partial charge < -0.3 is 0 Å². The van der Waals surface area contributed by atoms with Crippen LogP contribution in [0.4, 0.5) is 5.69 Å². The van der Waals surface area contributed by atoms with Crippen molar-refractivity contribution in [3.8, 4) is 0 Å². The molecule has 0 saturated carbocycles. The van der Waals surface area contributed by atoms with Gasteiger partial charge in [-0.15, -0.1) is 0 Å². The van der Waals surface area contributed by atoms with E-state index in [-0.39, 0.29) is 0 Å². The monoisotopic (exact) mass is 316 g/mol. The summed E-state index contributed by atoms with van der Waals surface area (Å²) in [5.41, 5.74) is 12.0. The van der Waals surface area contributed by atoms with Crippen molar-refractivity contribution in [2.75, 3.05) is 5.43 Å². The molecule has 2 aromatic rings. The molecule has 0 bridgehead atoms. The van der Waals surface area contributed by atoms with Gasteiger partial charge in [0.25, 0.3) is 0 Å². The number of hydrogen-bond acceptors (Lipinski definition) is 2. The van der Waals surface area contributed by atoms with Crippen LogP contribution in [0.15, 0.2) is 76.4 Å². The van der Waals surface area contributed by atoms with Gasteiger partial charge in [0, 0.05) is 5.92 Å². The number of allylic oxidation sites excluding steroid dienone is 4. The van der Waals surface area contributed by atoms with E-state index in [9.17, 15) is 0 Å². The molecule has 2 heteroatoms. The Labute approximate surface area is 144 Å². The number of rotatable bonds is 4. The maximum absolute atomic E-state index is 4.46. The van der Waals surface area contributed by atoms with E-state index in [0.717, 1.165) is 11.3 Å². The Morgan fingerprint density at radius 2 is 1.62 bits per heavy atom. The first-order chi connectivity index (χ1) is 11.6. The third-order valence-corrected chi connectivity index (χ3v) is 4.93. The average Bonchev–Trinajstić information content (AvgIpc) is 2.84. The predicted octanol–water partition coefficient (Wildman–Crippen LogP) is 5.82. The molecule has 122 valence electrons. The van der Waals surface area contributed by atoms with Gasteiger partial charge in [-0.25, -0.2) is 0 Å². The number of nitrogens with one attached hydrogen (secondary N) is 1. The molecule has 0 fully saturated rings. The largest absolute Gasteiger partial charge is 0.278 e. The second-order valence-electron chi connectivity index (χ2n) is 6.45. The number of hydrazone groups is 1. The molecule has 0 aliphatic heterocycles. The van der Waals surface area contributed by atoms with Crippen LogP contribution in [0.3, 0.4) is 0 Å². The van der Waals surface area contributed by atoms with E-state index in [2.05, 4.69) is 74.6 Å². The molecule has 0 saturated heterocycles. The van der Waals surface area contributed by atoms with E-state index in [1.807, 2.05) is 24.4 Å². The van der Waals surface area contributed by atoms with E-state index in [1.54, 1.807) is 0 Å². The lowest BCUT2D eigenvalue weighted by Crippen LogP contribution is -2.01. The molecule has 1 N–H and O–H groups in total. The van der Waals surface area contributed by atoms with Crippen molar-refractivity contribution in [2.45, 2.75) is 33.6 Å². The van der Waals surface area contributed by atoms with Crippen molar-refractivity contribution in [2.24, 2.45) is 5.10 Å². The third-order valence-electron chi connectivity index (χ3n) is 4.93. The number of anilines is 1. The topological polar surface area (TPSA) is 24.4 Å². The zero-order chi connectivity index (χ0) is 17.1. The first kappa shape index (κ1) is 16.3. The molecule has 1 aliphatic rings. The lowest BCUT2D eigenvalue weighted by Gasteiger charge is -2.14. The third kappa shape index (κ3) is 3.18. The molecular weight excluding hydrogens is 292 g/mol. The molecule has 1 unspecified atom stereocenters. The van der Waals surface area contributed by atoms with Gasteiger partial charge in [-0.2, -0.15) is 5.10 Å². The Hall–Kier alpha value is -2.61. The molecule has 1 aliphatic carbocycles. The molecule has 0 spiro atoms. The van der Waals surface area contributed by atoms with Gasteiger partial charge in [-0.1, -0.05) is 59.7 Å². The minimum Gasteiger partial charge on any atom is -0.278 e. The van der Waals surface area contributed by atoms with E-state index in [0.29, 0.717) is 5.92 Å². The summed E-state index contributed by atoms with van der Waals surface area (Å²) in [5.74, 6) is 0.353. The molecule has 2 aromatic carbocycles. The number of aryl methyl sites for hydroxylation is 1. The Morgan fingerprint density at radius 3 is 2.33 bits per heavy atom. The Bertz CT molecular complexity index is 841. The van der Waals surface area contributed by atoms with Crippen molar-refractivity contribution in [3.05, 3.63) is 88.0 Å². The molecule has 1 atom stereocenters. The van der Waals surface area contributed by atoms with Gasteiger partial charge in [0.05, 0.1) is 11.9 Å². The highest BCUT2D eigenvalue weighted by molar-refractivity contribution is 5.83. The Morgan fingerprint density at radius 1 is 0.917 bits per heavy atom. The quantitative estimate of drug-likeness (QED) is 0.557. The molecule has 3 rings (SSSR count). The molecule has 2 nitrogen and oxygen atoms in total. The minimum atomic E-state index is 0.353. The molecule has 0 aromatic heterocycles. The van der Waals surface area contributed by atoms with Crippen LogP contribution < -0.4 is 5.43 Å². The van der Waals surface area contributed by atoms with E-state index >= 15 is 0 Å². The van der Waals surface area contributed by atoms with Gasteiger partial charge >= 0.3 is 0 Å². The van der Waals surface area contributed by atoms with Crippen LogP contribution in [0.2, 0.25) is 0 Å². The second-order valence-corrected chi connectivity index (χ2v) is 6.45. The molecular formula is C22H24N2. The van der Waals surface area contributed by atoms with Gasteiger partial charge in [-0.3, -0.25) is 5.43 Å². The fourth-order valence-corrected chi connectivity index (χ4v) is 3.15. The van der Waals surface area contributed by atoms with Crippen LogP contribution in [0.1, 0.15) is 43.4 Å². The SMILES string of the molecule is CC1=CC(c2ccccc2C=NNc2ccccc2C)C(C)=C1C. The highest BCUT2D eigenvalue weighted by atomic mass is 15.3. The maximum atomic E-state index is 4.46. The van der Waals surface area contributed by atoms with E-state index < -0.39 is 0 Å². The first-order valence-corrected chi connectivity index (χ1v) is 8.37. The van der Waals surface area contributed by atoms with Crippen molar-refractivity contribution in [3.63, 3.8) is 0 Å². The number of benzene rings is 2. The van der Waals surface area contributed by atoms with Gasteiger partial charge in [0.15, 0.2) is 0 Å². The van der Waals surface area contributed by atoms with Gasteiger partial charge in [0.1, 0.15) is 0 Å². The fraction of sp³-hybridized carbons (Fsp3) is 0.227. The van der Waals surface area contributed by atoms with Crippen molar-refractivity contribution in [1.82, 2.24) is 0 Å². The first-order valence-electron chi connectivity index (χ1n) is 8.37. The van der Waals surface area contributed by atoms with Crippen LogP contribution in [0, 0.1) is 6.92 Å². The summed E-state index contributed by atoms with van der Waals surface area (Å²) in [6, 6.07) is 16.7. The average molecular weight is 316 g/mol. The van der Waals surface area contributed by atoms with Crippen molar-refractivity contribution in [1.29, 1.82) is 0 Å². The molecule has 0 heterocycles. The van der Waals surface area contributed by atoms with Gasteiger partial charge in [-0.05, 0) is 56.0 Å². The van der Waals surface area contributed by atoms with Crippen LogP contribution in [0.5, 0.6) is 0 Å². The van der Waals surface area contributed by atoms with Gasteiger partial charge in [0.2, 0.25) is 0 Å². The lowest BCUT2D eigenvalue weighted by molar-refractivity contribution is 0.999. The second kappa shape index (κ2) is 6.88. The smallest absolute Gasteiger partial charge is 0.0590 e. The minimum absolute atomic E-state index is 0.353. The summed E-state index contributed by atoms with van der Waals surface area (Å²) < 4.78 is 0. The normalized spacial score (nSPS) is 17.5. The van der Waals surface area contributed by atoms with Crippen LogP contribution in [0.25, 0.3) is 0 Å². The number of nitrogens with zero attached hydrogens (tertiary/aromatic N) is 1. The van der Waals surface area contributed by atoms with E-state index in [4.69, 9.17) is 0 Å². The maximum Gasteiger partial charge on any atom is 0.0590 e. The highest BCUT2D eigenvalue weighted by Gasteiger charge is 2.21. The van der Waals surface area contributed by atoms with Crippen LogP contribution in [-0.4, -0.2) is 6.21 Å². The highest BCUT2D eigenvalue weighted by Crippen LogP contribution is 2.38. The summed E-state index contributed by atoms with van der Waals surface area (Å²) >= 11 is 0. The molecule has 24 heavy (non-hydrogen) atoms. The summed E-state index contributed by atoms with van der Waals surface area (Å²) in [5, 5.41) is 4.46. The van der Waals surface area contributed by atoms with Crippen LogP contribution >= 0.6 is 0 Å². The molecule has 0 amide bonds. The Balaban J connectivity index is 1.86. The van der Waals surface area contributed by atoms with Crippen molar-refractivity contribution >= 4 is 11.9 Å². The van der Waals surface area contributed by atoms with Crippen LogP contribution in [-0.2, 0) is 0 Å². The Kier molecular flexibility index (Phi) is 4.66. The molecule has 0 radical (unpaired) electrons. The number of hydrogen-bond donors (Lipinski definition) is 1. The summed E-state index contributed by atoms with van der Waals surface area (Å²) in [4.78, 5) is 0. The van der Waals surface area contributed by atoms with E-state index in [1.165, 1.54) is 27.8 Å². The zero-order valence-electron chi connectivity index (χ0n) is 14.8. The standard InChI is InChI=1S/C22H24N2/c1-15-9-5-8-12-22(15)24-23-14-19-10-6-7-11-20(19)21-13-16(2)17(3)18(21)4/h5-14,21,24H,1-4H3.